The molecule has 0 aliphatic heterocycles. The summed E-state index contributed by atoms with van der Waals surface area (Å²) in [6.45, 7) is 4.32. The Hall–Kier alpha value is -2.61. The molecule has 0 atom stereocenters. The van der Waals surface area contributed by atoms with E-state index in [1.54, 1.807) is 10.6 Å². The van der Waals surface area contributed by atoms with Gasteiger partial charge in [-0.15, -0.1) is 0 Å². The molecule has 0 spiro atoms. The molecule has 8 heteroatoms. The van der Waals surface area contributed by atoms with E-state index in [-0.39, 0.29) is 11.7 Å². The number of hydrogen-bond donors (Lipinski definition) is 1. The standard InChI is InChI=1S/C19H18F3N3OS/c1-11(2)5-13-7-16(18(26)24-19-23-8-17(22)27-19)25(10-13)9-12-3-4-14(20)15(21)6-12/h3-4,6-8,10-11H,5,9H2,1-2H3,(H,23,24,26). The van der Waals surface area contributed by atoms with Gasteiger partial charge in [-0.3, -0.25) is 10.1 Å². The summed E-state index contributed by atoms with van der Waals surface area (Å²) in [5.41, 5.74) is 1.81. The number of carbonyl (C=O) groups is 1. The van der Waals surface area contributed by atoms with Crippen molar-refractivity contribution in [3.63, 3.8) is 0 Å². The molecule has 142 valence electrons. The van der Waals surface area contributed by atoms with Crippen LogP contribution in [0.3, 0.4) is 0 Å². The summed E-state index contributed by atoms with van der Waals surface area (Å²) >= 11 is 0.731. The lowest BCUT2D eigenvalue weighted by atomic mass is 10.1. The van der Waals surface area contributed by atoms with Gasteiger partial charge in [0.05, 0.1) is 6.20 Å². The first kappa shape index (κ1) is 19.2. The van der Waals surface area contributed by atoms with E-state index < -0.39 is 22.7 Å². The number of anilines is 1. The third-order valence-corrected chi connectivity index (χ3v) is 4.57. The van der Waals surface area contributed by atoms with Crippen LogP contribution in [0, 0.1) is 22.7 Å². The van der Waals surface area contributed by atoms with E-state index in [1.165, 1.54) is 6.07 Å². The van der Waals surface area contributed by atoms with Gasteiger partial charge >= 0.3 is 0 Å². The minimum atomic E-state index is -0.939. The molecule has 1 amide bonds. The second kappa shape index (κ2) is 7.96. The van der Waals surface area contributed by atoms with Crippen LogP contribution in [0.5, 0.6) is 0 Å². The van der Waals surface area contributed by atoms with Gasteiger partial charge < -0.3 is 4.57 Å². The lowest BCUT2D eigenvalue weighted by Gasteiger charge is -2.09. The van der Waals surface area contributed by atoms with E-state index in [4.69, 9.17) is 0 Å². The zero-order valence-corrected chi connectivity index (χ0v) is 15.6. The second-order valence-electron chi connectivity index (χ2n) is 6.63. The Labute approximate surface area is 158 Å². The third-order valence-electron chi connectivity index (χ3n) is 3.86. The molecular weight excluding hydrogens is 375 g/mol. The van der Waals surface area contributed by atoms with E-state index in [1.807, 2.05) is 6.20 Å². The van der Waals surface area contributed by atoms with Crippen molar-refractivity contribution in [2.45, 2.75) is 26.8 Å². The summed E-state index contributed by atoms with van der Waals surface area (Å²) in [5, 5.41) is 2.22. The number of rotatable bonds is 6. The van der Waals surface area contributed by atoms with Gasteiger partial charge in [-0.2, -0.15) is 4.39 Å². The molecule has 0 saturated carbocycles. The van der Waals surface area contributed by atoms with Crippen molar-refractivity contribution in [2.75, 3.05) is 5.32 Å². The van der Waals surface area contributed by atoms with Crippen LogP contribution in [-0.4, -0.2) is 15.5 Å². The number of nitrogens with zero attached hydrogens (tertiary/aromatic N) is 2. The molecular formula is C19H18F3N3OS. The molecule has 1 N–H and O–H groups in total. The topological polar surface area (TPSA) is 46.9 Å². The normalized spacial score (nSPS) is 11.2. The highest BCUT2D eigenvalue weighted by molar-refractivity contribution is 7.14. The summed E-state index contributed by atoms with van der Waals surface area (Å²) in [5.74, 6) is -1.92. The fraction of sp³-hybridized carbons (Fsp3) is 0.263. The van der Waals surface area contributed by atoms with E-state index in [9.17, 15) is 18.0 Å². The number of aromatic nitrogens is 2. The van der Waals surface area contributed by atoms with Crippen molar-refractivity contribution in [3.05, 3.63) is 70.2 Å². The van der Waals surface area contributed by atoms with E-state index in [2.05, 4.69) is 24.1 Å². The highest BCUT2D eigenvalue weighted by Gasteiger charge is 2.17. The molecule has 3 aromatic rings. The van der Waals surface area contributed by atoms with Crippen LogP contribution in [0.25, 0.3) is 0 Å². The quantitative estimate of drug-likeness (QED) is 0.650. The fourth-order valence-electron chi connectivity index (χ4n) is 2.78. The molecule has 27 heavy (non-hydrogen) atoms. The lowest BCUT2D eigenvalue weighted by Crippen LogP contribution is -2.17. The van der Waals surface area contributed by atoms with Gasteiger partial charge in [-0.25, -0.2) is 13.8 Å². The smallest absolute Gasteiger partial charge is 0.274 e. The number of halogens is 3. The Kier molecular flexibility index (Phi) is 5.65. The lowest BCUT2D eigenvalue weighted by molar-refractivity contribution is 0.101. The second-order valence-corrected chi connectivity index (χ2v) is 7.61. The monoisotopic (exact) mass is 393 g/mol. The predicted octanol–water partition coefficient (Wildman–Crippen LogP) is 4.86. The average Bonchev–Trinajstić information content (AvgIpc) is 3.16. The average molecular weight is 393 g/mol. The molecule has 0 unspecified atom stereocenters. The first-order valence-corrected chi connectivity index (χ1v) is 9.19. The first-order valence-electron chi connectivity index (χ1n) is 8.37. The number of nitrogens with one attached hydrogen (secondary N) is 1. The third kappa shape index (κ3) is 4.77. The maximum Gasteiger partial charge on any atom is 0.274 e. The Morgan fingerprint density at radius 2 is 1.96 bits per heavy atom. The molecule has 0 aliphatic carbocycles. The molecule has 0 aliphatic rings. The van der Waals surface area contributed by atoms with Crippen LogP contribution < -0.4 is 5.32 Å². The van der Waals surface area contributed by atoms with Crippen LogP contribution in [-0.2, 0) is 13.0 Å². The molecule has 4 nitrogen and oxygen atoms in total. The Bertz CT molecular complexity index is 965. The highest BCUT2D eigenvalue weighted by atomic mass is 32.1. The van der Waals surface area contributed by atoms with E-state index in [0.29, 0.717) is 17.2 Å². The van der Waals surface area contributed by atoms with E-state index >= 15 is 0 Å². The van der Waals surface area contributed by atoms with Crippen molar-refractivity contribution in [1.82, 2.24) is 9.55 Å². The molecule has 0 fully saturated rings. The SMILES string of the molecule is CC(C)Cc1cc(C(=O)Nc2ncc(F)s2)n(Cc2ccc(F)c(F)c2)c1. The number of thiazole rings is 1. The Morgan fingerprint density at radius 3 is 2.59 bits per heavy atom. The molecule has 0 radical (unpaired) electrons. The number of amides is 1. The summed E-state index contributed by atoms with van der Waals surface area (Å²) in [7, 11) is 0. The zero-order valence-electron chi connectivity index (χ0n) is 14.8. The van der Waals surface area contributed by atoms with E-state index in [0.717, 1.165) is 41.7 Å². The van der Waals surface area contributed by atoms with Crippen molar-refractivity contribution in [2.24, 2.45) is 5.92 Å². The van der Waals surface area contributed by atoms with Gasteiger partial charge in [0, 0.05) is 12.7 Å². The molecule has 2 aromatic heterocycles. The van der Waals surface area contributed by atoms with Crippen molar-refractivity contribution in [1.29, 1.82) is 0 Å². The van der Waals surface area contributed by atoms with Crippen molar-refractivity contribution < 1.29 is 18.0 Å². The minimum absolute atomic E-state index is 0.156. The number of benzene rings is 1. The Morgan fingerprint density at radius 1 is 1.19 bits per heavy atom. The first-order chi connectivity index (χ1) is 12.8. The molecule has 1 aromatic carbocycles. The van der Waals surface area contributed by atoms with Gasteiger partial charge in [-0.1, -0.05) is 31.3 Å². The van der Waals surface area contributed by atoms with Gasteiger partial charge in [-0.05, 0) is 41.7 Å². The fourth-order valence-corrected chi connectivity index (χ4v) is 3.32. The van der Waals surface area contributed by atoms with Crippen molar-refractivity contribution in [3.8, 4) is 0 Å². The summed E-state index contributed by atoms with van der Waals surface area (Å²) in [4.78, 5) is 16.4. The largest absolute Gasteiger partial charge is 0.339 e. The molecule has 3 rings (SSSR count). The van der Waals surface area contributed by atoms with Crippen LogP contribution in [0.4, 0.5) is 18.3 Å². The van der Waals surface area contributed by atoms with Gasteiger partial charge in [0.2, 0.25) is 0 Å². The summed E-state index contributed by atoms with van der Waals surface area (Å²) in [6, 6.07) is 5.38. The van der Waals surface area contributed by atoms with Crippen molar-refractivity contribution >= 4 is 22.4 Å². The Balaban J connectivity index is 1.89. The number of hydrogen-bond acceptors (Lipinski definition) is 3. The van der Waals surface area contributed by atoms with Crippen LogP contribution >= 0.6 is 11.3 Å². The van der Waals surface area contributed by atoms with Crippen LogP contribution in [0.15, 0.2) is 36.7 Å². The van der Waals surface area contributed by atoms with Gasteiger partial charge in [0.1, 0.15) is 5.69 Å². The highest BCUT2D eigenvalue weighted by Crippen LogP contribution is 2.20. The number of carbonyl (C=O) groups excluding carboxylic acids is 1. The maximum atomic E-state index is 13.5. The molecule has 2 heterocycles. The molecule has 0 bridgehead atoms. The van der Waals surface area contributed by atoms with Crippen LogP contribution in [0.1, 0.15) is 35.5 Å². The maximum absolute atomic E-state index is 13.5. The summed E-state index contributed by atoms with van der Waals surface area (Å²) < 4.78 is 41.4. The van der Waals surface area contributed by atoms with Crippen LogP contribution in [0.2, 0.25) is 0 Å². The molecule has 0 saturated heterocycles. The summed E-state index contributed by atoms with van der Waals surface area (Å²) in [6.07, 6.45) is 3.61. The minimum Gasteiger partial charge on any atom is -0.339 e. The predicted molar refractivity (Wildman–Crippen MR) is 98.5 cm³/mol. The zero-order chi connectivity index (χ0) is 19.6. The van der Waals surface area contributed by atoms with Gasteiger partial charge in [0.15, 0.2) is 21.9 Å². The van der Waals surface area contributed by atoms with Gasteiger partial charge in [0.25, 0.3) is 5.91 Å².